The number of hydrogen-bond acceptors (Lipinski definition) is 3. The average molecular weight is 281 g/mol. The second-order valence-electron chi connectivity index (χ2n) is 5.00. The Morgan fingerprint density at radius 1 is 1.26 bits per heavy atom. The van der Waals surface area contributed by atoms with Crippen LogP contribution in [0.5, 0.6) is 0 Å². The first-order valence-corrected chi connectivity index (χ1v) is 7.35. The van der Waals surface area contributed by atoms with Crippen molar-refractivity contribution in [3.63, 3.8) is 0 Å². The summed E-state index contributed by atoms with van der Waals surface area (Å²) >= 11 is 1.72. The van der Waals surface area contributed by atoms with Crippen LogP contribution in [0, 0.1) is 5.41 Å². The fourth-order valence-corrected chi connectivity index (χ4v) is 1.92. The molecule has 4 nitrogen and oxygen atoms in total. The van der Waals surface area contributed by atoms with Gasteiger partial charge in [-0.3, -0.25) is 9.59 Å². The van der Waals surface area contributed by atoms with Crippen LogP contribution in [0.1, 0.15) is 29.8 Å². The van der Waals surface area contributed by atoms with Crippen molar-refractivity contribution in [2.24, 2.45) is 5.41 Å². The lowest BCUT2D eigenvalue weighted by atomic mass is 9.94. The third-order valence-corrected chi connectivity index (χ3v) is 3.42. The largest absolute Gasteiger partial charge is 0.481 e. The molecular weight excluding hydrogens is 262 g/mol. The molecule has 0 aliphatic carbocycles. The summed E-state index contributed by atoms with van der Waals surface area (Å²) in [5.74, 6) is -0.262. The minimum Gasteiger partial charge on any atom is -0.481 e. The fraction of sp³-hybridized carbons (Fsp3) is 0.429. The van der Waals surface area contributed by atoms with Gasteiger partial charge in [-0.05, 0) is 37.8 Å². The average Bonchev–Trinajstić information content (AvgIpc) is 2.37. The van der Waals surface area contributed by atoms with Crippen LogP contribution < -0.4 is 5.32 Å². The van der Waals surface area contributed by atoms with Gasteiger partial charge in [0.25, 0.3) is 5.91 Å². The molecule has 0 radical (unpaired) electrons. The lowest BCUT2D eigenvalue weighted by Gasteiger charge is -2.19. The van der Waals surface area contributed by atoms with Crippen molar-refractivity contribution in [2.45, 2.75) is 19.6 Å². The molecule has 0 saturated carbocycles. The Morgan fingerprint density at radius 2 is 1.84 bits per heavy atom. The van der Waals surface area contributed by atoms with E-state index in [0.717, 1.165) is 11.3 Å². The molecule has 0 heterocycles. The summed E-state index contributed by atoms with van der Waals surface area (Å²) in [4.78, 5) is 22.8. The minimum absolute atomic E-state index is 0.105. The summed E-state index contributed by atoms with van der Waals surface area (Å²) in [6.45, 7) is 3.27. The van der Waals surface area contributed by atoms with Gasteiger partial charge in [0.1, 0.15) is 0 Å². The summed E-state index contributed by atoms with van der Waals surface area (Å²) in [5.41, 5.74) is 0.745. The molecule has 1 rings (SSSR count). The molecule has 2 N–H and O–H groups in total. The van der Waals surface area contributed by atoms with Gasteiger partial charge < -0.3 is 10.4 Å². The highest BCUT2D eigenvalue weighted by Gasteiger charge is 2.27. The third-order valence-electron chi connectivity index (χ3n) is 2.80. The maximum Gasteiger partial charge on any atom is 0.310 e. The van der Waals surface area contributed by atoms with Gasteiger partial charge in [0.05, 0.1) is 5.41 Å². The van der Waals surface area contributed by atoms with Gasteiger partial charge in [0, 0.05) is 17.9 Å². The number of carboxylic acid groups (broad SMARTS) is 1. The predicted molar refractivity (Wildman–Crippen MR) is 77.4 cm³/mol. The van der Waals surface area contributed by atoms with E-state index in [1.807, 2.05) is 18.4 Å². The third kappa shape index (κ3) is 4.59. The van der Waals surface area contributed by atoms with Crippen LogP contribution in [0.4, 0.5) is 0 Å². The molecule has 5 heteroatoms. The first kappa shape index (κ1) is 15.6. The van der Waals surface area contributed by atoms with Crippen molar-refractivity contribution in [1.82, 2.24) is 5.32 Å². The Hall–Kier alpha value is -1.49. The molecule has 1 amide bonds. The molecule has 1 aromatic carbocycles. The second-order valence-corrected chi connectivity index (χ2v) is 5.87. The van der Waals surface area contributed by atoms with Crippen LogP contribution in [0.2, 0.25) is 0 Å². The standard InChI is InChI=1S/C14H19NO3S/c1-14(2,13(17)18)9-15-12(16)11-6-4-10(5-7-11)8-19-3/h4-7H,8-9H2,1-3H3,(H,15,16)(H,17,18). The van der Waals surface area contributed by atoms with E-state index in [1.54, 1.807) is 37.7 Å². The number of carboxylic acids is 1. The van der Waals surface area contributed by atoms with E-state index in [1.165, 1.54) is 0 Å². The first-order chi connectivity index (χ1) is 8.86. The number of carbonyl (C=O) groups excluding carboxylic acids is 1. The molecule has 0 aliphatic heterocycles. The Bertz CT molecular complexity index is 454. The Kier molecular flexibility index (Phi) is 5.42. The number of rotatable bonds is 6. The molecule has 0 atom stereocenters. The molecule has 19 heavy (non-hydrogen) atoms. The molecule has 1 aromatic rings. The lowest BCUT2D eigenvalue weighted by Crippen LogP contribution is -2.38. The van der Waals surface area contributed by atoms with Crippen molar-refractivity contribution >= 4 is 23.6 Å². The Morgan fingerprint density at radius 3 is 2.32 bits per heavy atom. The van der Waals surface area contributed by atoms with Crippen molar-refractivity contribution in [1.29, 1.82) is 0 Å². The topological polar surface area (TPSA) is 66.4 Å². The maximum atomic E-state index is 11.9. The molecular formula is C14H19NO3S. The number of carbonyl (C=O) groups is 2. The van der Waals surface area contributed by atoms with Crippen molar-refractivity contribution < 1.29 is 14.7 Å². The fourth-order valence-electron chi connectivity index (χ4n) is 1.40. The van der Waals surface area contributed by atoms with Crippen LogP contribution in [0.15, 0.2) is 24.3 Å². The van der Waals surface area contributed by atoms with Gasteiger partial charge in [-0.1, -0.05) is 12.1 Å². The van der Waals surface area contributed by atoms with Gasteiger partial charge in [0.2, 0.25) is 0 Å². The second kappa shape index (κ2) is 6.61. The van der Waals surface area contributed by atoms with E-state index < -0.39 is 11.4 Å². The molecule has 0 saturated heterocycles. The monoisotopic (exact) mass is 281 g/mol. The van der Waals surface area contributed by atoms with Gasteiger partial charge in [0.15, 0.2) is 0 Å². The molecule has 104 valence electrons. The normalized spacial score (nSPS) is 11.1. The highest BCUT2D eigenvalue weighted by molar-refractivity contribution is 7.97. The molecule has 0 fully saturated rings. The van der Waals surface area contributed by atoms with Crippen LogP contribution in [0.25, 0.3) is 0 Å². The van der Waals surface area contributed by atoms with Crippen molar-refractivity contribution in [2.75, 3.05) is 12.8 Å². The molecule has 0 aromatic heterocycles. The van der Waals surface area contributed by atoms with Gasteiger partial charge >= 0.3 is 5.97 Å². The predicted octanol–water partition coefficient (Wildman–Crippen LogP) is 2.39. The number of hydrogen-bond donors (Lipinski definition) is 2. The molecule has 0 unspecified atom stereocenters. The Balaban J connectivity index is 2.61. The van der Waals surface area contributed by atoms with Crippen molar-refractivity contribution in [3.8, 4) is 0 Å². The van der Waals surface area contributed by atoms with E-state index >= 15 is 0 Å². The highest BCUT2D eigenvalue weighted by Crippen LogP contribution is 2.14. The van der Waals surface area contributed by atoms with Gasteiger partial charge in [-0.15, -0.1) is 0 Å². The summed E-state index contributed by atoms with van der Waals surface area (Å²) in [6.07, 6.45) is 2.02. The summed E-state index contributed by atoms with van der Waals surface area (Å²) < 4.78 is 0. The summed E-state index contributed by atoms with van der Waals surface area (Å²) in [5, 5.41) is 11.6. The quantitative estimate of drug-likeness (QED) is 0.840. The highest BCUT2D eigenvalue weighted by atomic mass is 32.2. The van der Waals surface area contributed by atoms with Gasteiger partial charge in [-0.2, -0.15) is 11.8 Å². The van der Waals surface area contributed by atoms with E-state index in [2.05, 4.69) is 5.32 Å². The van der Waals surface area contributed by atoms with Crippen LogP contribution in [-0.4, -0.2) is 29.8 Å². The zero-order valence-corrected chi connectivity index (χ0v) is 12.2. The summed E-state index contributed by atoms with van der Waals surface area (Å²) in [6, 6.07) is 7.34. The Labute approximate surface area is 117 Å². The van der Waals surface area contributed by atoms with Crippen LogP contribution in [-0.2, 0) is 10.5 Å². The molecule has 0 bridgehead atoms. The van der Waals surface area contributed by atoms with E-state index in [9.17, 15) is 9.59 Å². The van der Waals surface area contributed by atoms with Crippen LogP contribution >= 0.6 is 11.8 Å². The van der Waals surface area contributed by atoms with Gasteiger partial charge in [-0.25, -0.2) is 0 Å². The number of benzene rings is 1. The molecule has 0 spiro atoms. The first-order valence-electron chi connectivity index (χ1n) is 5.96. The number of amides is 1. The lowest BCUT2D eigenvalue weighted by molar-refractivity contribution is -0.146. The van der Waals surface area contributed by atoms with E-state index in [0.29, 0.717) is 5.56 Å². The zero-order chi connectivity index (χ0) is 14.5. The number of thioether (sulfide) groups is 1. The van der Waals surface area contributed by atoms with E-state index in [4.69, 9.17) is 5.11 Å². The van der Waals surface area contributed by atoms with Crippen LogP contribution in [0.3, 0.4) is 0 Å². The smallest absolute Gasteiger partial charge is 0.310 e. The summed E-state index contributed by atoms with van der Waals surface area (Å²) in [7, 11) is 0. The zero-order valence-electron chi connectivity index (χ0n) is 11.4. The maximum absolute atomic E-state index is 11.9. The number of aliphatic carboxylic acids is 1. The minimum atomic E-state index is -0.964. The number of nitrogens with one attached hydrogen (secondary N) is 1. The van der Waals surface area contributed by atoms with E-state index in [-0.39, 0.29) is 12.5 Å². The molecule has 0 aliphatic rings. The van der Waals surface area contributed by atoms with Crippen molar-refractivity contribution in [3.05, 3.63) is 35.4 Å². The SMILES string of the molecule is CSCc1ccc(C(=O)NCC(C)(C)C(=O)O)cc1.